The number of aldehydes is 1. The van der Waals surface area contributed by atoms with E-state index in [0.717, 1.165) is 0 Å². The number of likely N-dealkylation sites (N-methyl/N-ethyl adjacent to an activating group) is 1. The molecule has 0 spiro atoms. The molecule has 5 amide bonds. The van der Waals surface area contributed by atoms with Crippen molar-refractivity contribution in [2.24, 2.45) is 5.73 Å². The number of aliphatic carboxylic acids is 3. The highest BCUT2D eigenvalue weighted by Crippen LogP contribution is 2.04. The predicted octanol–water partition coefficient (Wildman–Crippen LogP) is -3.75. The Balaban J connectivity index is 4.02. The van der Waals surface area contributed by atoms with Gasteiger partial charge in [-0.25, -0.2) is 9.59 Å². The minimum Gasteiger partial charge on any atom is -0.480 e. The lowest BCUT2D eigenvalue weighted by atomic mass is 10.1. The van der Waals surface area contributed by atoms with Crippen molar-refractivity contribution < 1.29 is 77.4 Å². The third-order valence-corrected chi connectivity index (χ3v) is 7.70. The minimum absolute atomic E-state index is 0.0272. The van der Waals surface area contributed by atoms with Crippen LogP contribution < -0.4 is 37.6 Å². The first-order chi connectivity index (χ1) is 27.2. The predicted molar refractivity (Wildman–Crippen MR) is 198 cm³/mol. The zero-order valence-electron chi connectivity index (χ0n) is 32.3. The molecule has 0 saturated heterocycles. The van der Waals surface area contributed by atoms with Crippen molar-refractivity contribution in [1.29, 1.82) is 0 Å². The average Bonchev–Trinajstić information content (AvgIpc) is 3.16. The number of carbonyl (C=O) groups is 9. The summed E-state index contributed by atoms with van der Waals surface area (Å²) in [7, 11) is 1.50. The molecule has 0 radical (unpaired) electrons. The summed E-state index contributed by atoms with van der Waals surface area (Å²) >= 11 is 0. The Bertz CT molecular complexity index is 1260. The molecule has 23 heteroatoms. The van der Waals surface area contributed by atoms with E-state index in [9.17, 15) is 53.4 Å². The fourth-order valence-corrected chi connectivity index (χ4v) is 4.56. The first-order valence-electron chi connectivity index (χ1n) is 18.5. The summed E-state index contributed by atoms with van der Waals surface area (Å²) in [6, 6.07) is -4.23. The SMILES string of the molecule is CNC(CCC(=O)NCCOCCOCC(=O)NCCOCCOCC(=O)NC(CCC(=O)N[C@@H](CCC(=O)NCCCC[C@H](N)C=O)C(=O)O)C(=O)O)C(=O)O. The van der Waals surface area contributed by atoms with Gasteiger partial charge in [0, 0.05) is 38.9 Å². The highest BCUT2D eigenvalue weighted by Gasteiger charge is 2.24. The molecule has 0 fully saturated rings. The second-order valence-corrected chi connectivity index (χ2v) is 12.4. The van der Waals surface area contributed by atoms with Gasteiger partial charge < -0.3 is 76.7 Å². The maximum Gasteiger partial charge on any atom is 0.326 e. The Hall–Kier alpha value is -4.81. The minimum atomic E-state index is -1.46. The maximum atomic E-state index is 12.3. The van der Waals surface area contributed by atoms with Gasteiger partial charge in [0.25, 0.3) is 0 Å². The molecular weight excluding hydrogens is 762 g/mol. The zero-order chi connectivity index (χ0) is 42.8. The number of ether oxygens (including phenoxy) is 4. The van der Waals surface area contributed by atoms with E-state index in [4.69, 9.17) is 29.8 Å². The molecule has 0 aromatic rings. The van der Waals surface area contributed by atoms with Crippen molar-refractivity contribution in [2.75, 3.05) is 79.5 Å². The van der Waals surface area contributed by atoms with Crippen molar-refractivity contribution in [3.05, 3.63) is 0 Å². The van der Waals surface area contributed by atoms with Crippen LogP contribution in [0.3, 0.4) is 0 Å². The number of hydrogen-bond acceptors (Lipinski definition) is 15. The topological polar surface area (TPSA) is 349 Å². The van der Waals surface area contributed by atoms with Crippen LogP contribution in [0.2, 0.25) is 0 Å². The lowest BCUT2D eigenvalue weighted by Gasteiger charge is -2.17. The first kappa shape index (κ1) is 52.2. The smallest absolute Gasteiger partial charge is 0.326 e. The molecule has 2 unspecified atom stereocenters. The van der Waals surface area contributed by atoms with E-state index in [1.165, 1.54) is 7.05 Å². The first-order valence-corrected chi connectivity index (χ1v) is 18.5. The molecule has 57 heavy (non-hydrogen) atoms. The average molecular weight is 822 g/mol. The molecule has 11 N–H and O–H groups in total. The number of unbranched alkanes of at least 4 members (excludes halogenated alkanes) is 1. The van der Waals surface area contributed by atoms with Gasteiger partial charge in [-0.15, -0.1) is 0 Å². The Morgan fingerprint density at radius 3 is 1.44 bits per heavy atom. The van der Waals surface area contributed by atoms with Crippen LogP contribution >= 0.6 is 0 Å². The Morgan fingerprint density at radius 1 is 0.526 bits per heavy atom. The number of carboxylic acid groups (broad SMARTS) is 3. The van der Waals surface area contributed by atoms with Crippen LogP contribution in [0, 0.1) is 0 Å². The quantitative estimate of drug-likeness (QED) is 0.0212. The monoisotopic (exact) mass is 821 g/mol. The van der Waals surface area contributed by atoms with Crippen LogP contribution in [-0.4, -0.2) is 173 Å². The second kappa shape index (κ2) is 33.3. The fourth-order valence-electron chi connectivity index (χ4n) is 4.56. The largest absolute Gasteiger partial charge is 0.480 e. The van der Waals surface area contributed by atoms with Crippen LogP contribution in [0.1, 0.15) is 57.8 Å². The summed E-state index contributed by atoms with van der Waals surface area (Å²) in [5.74, 6) is -6.52. The van der Waals surface area contributed by atoms with E-state index in [2.05, 4.69) is 31.9 Å². The molecule has 4 atom stereocenters. The van der Waals surface area contributed by atoms with Gasteiger partial charge in [0.15, 0.2) is 0 Å². The van der Waals surface area contributed by atoms with E-state index in [-0.39, 0.29) is 97.3 Å². The van der Waals surface area contributed by atoms with Crippen LogP contribution in [0.5, 0.6) is 0 Å². The summed E-state index contributed by atoms with van der Waals surface area (Å²) in [5, 5.41) is 42.7. The van der Waals surface area contributed by atoms with Crippen molar-refractivity contribution >= 4 is 53.7 Å². The van der Waals surface area contributed by atoms with E-state index in [1.54, 1.807) is 0 Å². The standard InChI is InChI=1S/C34H59N7O16/c1-36-24(32(48)49)5-8-28(44)38-12-14-54-16-18-56-21-30(46)39-13-15-55-17-19-57-22-31(47)41-26(34(52)53)7-10-29(45)40-25(33(50)51)6-9-27(43)37-11-3-2-4-23(35)20-42/h20,23-26,36H,2-19,21-22,35H2,1H3,(H,37,43)(H,38,44)(H,39,46)(H,40,45)(H,41,47)(H,48,49)(H,50,51)(H,52,53)/t23-,24?,25-,26?/m0/s1. The maximum absolute atomic E-state index is 12.3. The van der Waals surface area contributed by atoms with Crippen molar-refractivity contribution in [1.82, 2.24) is 31.9 Å². The van der Waals surface area contributed by atoms with E-state index >= 15 is 0 Å². The van der Waals surface area contributed by atoms with Crippen molar-refractivity contribution in [3.63, 3.8) is 0 Å². The highest BCUT2D eigenvalue weighted by molar-refractivity contribution is 5.86. The molecule has 0 heterocycles. The van der Waals surface area contributed by atoms with Crippen LogP contribution in [0.15, 0.2) is 0 Å². The van der Waals surface area contributed by atoms with Crippen LogP contribution in [0.4, 0.5) is 0 Å². The molecule has 0 aliphatic rings. The molecule has 23 nitrogen and oxygen atoms in total. The normalized spacial score (nSPS) is 12.9. The summed E-state index contributed by atoms with van der Waals surface area (Å²) in [5.41, 5.74) is 5.49. The van der Waals surface area contributed by atoms with Gasteiger partial charge >= 0.3 is 17.9 Å². The lowest BCUT2D eigenvalue weighted by molar-refractivity contribution is -0.144. The number of rotatable bonds is 37. The number of nitrogens with two attached hydrogens (primary N) is 1. The van der Waals surface area contributed by atoms with Crippen molar-refractivity contribution in [2.45, 2.75) is 82.0 Å². The summed E-state index contributed by atoms with van der Waals surface area (Å²) in [6.07, 6.45) is 1.33. The van der Waals surface area contributed by atoms with E-state index in [1.807, 2.05) is 0 Å². The molecule has 326 valence electrons. The van der Waals surface area contributed by atoms with Crippen molar-refractivity contribution in [3.8, 4) is 0 Å². The Labute approximate surface area is 330 Å². The van der Waals surface area contributed by atoms with Gasteiger partial charge in [0.05, 0.1) is 45.7 Å². The van der Waals surface area contributed by atoms with E-state index < -0.39 is 78.7 Å². The van der Waals surface area contributed by atoms with Gasteiger partial charge in [-0.1, -0.05) is 0 Å². The zero-order valence-corrected chi connectivity index (χ0v) is 32.3. The van der Waals surface area contributed by atoms with E-state index in [0.29, 0.717) is 32.1 Å². The third-order valence-electron chi connectivity index (χ3n) is 7.70. The molecular formula is C34H59N7O16. The molecule has 0 aliphatic heterocycles. The van der Waals surface area contributed by atoms with Crippen LogP contribution in [-0.2, 0) is 62.1 Å². The van der Waals surface area contributed by atoms with Gasteiger partial charge in [-0.05, 0) is 45.6 Å². The second-order valence-electron chi connectivity index (χ2n) is 12.4. The molecule has 0 bridgehead atoms. The summed E-state index contributed by atoms with van der Waals surface area (Å²) < 4.78 is 21.0. The fraction of sp³-hybridized carbons (Fsp3) is 0.735. The molecule has 0 saturated carbocycles. The van der Waals surface area contributed by atoms with Gasteiger partial charge in [0.2, 0.25) is 29.5 Å². The number of carbonyl (C=O) groups excluding carboxylic acids is 6. The number of carboxylic acids is 3. The summed E-state index contributed by atoms with van der Waals surface area (Å²) in [6.45, 7) is 0.664. The highest BCUT2D eigenvalue weighted by atomic mass is 16.5. The molecule has 0 rings (SSSR count). The Morgan fingerprint density at radius 2 is 0.947 bits per heavy atom. The van der Waals surface area contributed by atoms with Gasteiger partial charge in [-0.3, -0.25) is 28.8 Å². The third kappa shape index (κ3) is 30.1. The van der Waals surface area contributed by atoms with Gasteiger partial charge in [0.1, 0.15) is 37.6 Å². The number of nitrogens with one attached hydrogen (secondary N) is 6. The molecule has 0 aliphatic carbocycles. The van der Waals surface area contributed by atoms with Gasteiger partial charge in [-0.2, -0.15) is 0 Å². The van der Waals surface area contributed by atoms with Crippen LogP contribution in [0.25, 0.3) is 0 Å². The Kier molecular flexibility index (Phi) is 30.5. The number of amides is 5. The molecule has 0 aromatic heterocycles. The summed E-state index contributed by atoms with van der Waals surface area (Å²) in [4.78, 5) is 105. The molecule has 0 aromatic carbocycles. The lowest BCUT2D eigenvalue weighted by Crippen LogP contribution is -2.45. The number of hydrogen-bond donors (Lipinski definition) is 10.